The molecule has 2 rings (SSSR count). The number of hydrogen-bond donors (Lipinski definition) is 1. The Labute approximate surface area is 124 Å². The molecule has 5 nitrogen and oxygen atoms in total. The molecule has 1 unspecified atom stereocenters. The van der Waals surface area contributed by atoms with Crippen molar-refractivity contribution in [3.63, 3.8) is 0 Å². The quantitative estimate of drug-likeness (QED) is 0.858. The minimum Gasteiger partial charge on any atom is -0.399 e. The van der Waals surface area contributed by atoms with Crippen LogP contribution < -0.4 is 5.73 Å². The zero-order chi connectivity index (χ0) is 15.4. The highest BCUT2D eigenvalue weighted by molar-refractivity contribution is 5.76. The van der Waals surface area contributed by atoms with Gasteiger partial charge in [0.1, 0.15) is 11.5 Å². The maximum atomic E-state index is 12.2. The molecule has 0 saturated heterocycles. The summed E-state index contributed by atoms with van der Waals surface area (Å²) in [6.45, 7) is 4.34. The normalized spacial score (nSPS) is 12.1. The van der Waals surface area contributed by atoms with Crippen molar-refractivity contribution in [1.29, 1.82) is 0 Å². The van der Waals surface area contributed by atoms with Crippen LogP contribution in [0.3, 0.4) is 0 Å². The van der Waals surface area contributed by atoms with Crippen molar-refractivity contribution in [1.82, 2.24) is 10.1 Å². The molecule has 0 bridgehead atoms. The molecular weight excluding hydrogens is 266 g/mol. The number of nitrogens with zero attached hydrogens (tertiary/aromatic N) is 2. The van der Waals surface area contributed by atoms with E-state index in [4.69, 9.17) is 10.3 Å². The van der Waals surface area contributed by atoms with Gasteiger partial charge < -0.3 is 15.2 Å². The second-order valence-electron chi connectivity index (χ2n) is 5.45. The number of rotatable bonds is 5. The van der Waals surface area contributed by atoms with E-state index in [1.165, 1.54) is 0 Å². The molecule has 1 atom stereocenters. The monoisotopic (exact) mass is 287 g/mol. The van der Waals surface area contributed by atoms with E-state index in [2.05, 4.69) is 5.16 Å². The van der Waals surface area contributed by atoms with Crippen molar-refractivity contribution in [2.45, 2.75) is 32.7 Å². The lowest BCUT2D eigenvalue weighted by Crippen LogP contribution is -2.27. The van der Waals surface area contributed by atoms with E-state index in [0.29, 0.717) is 13.0 Å². The summed E-state index contributed by atoms with van der Waals surface area (Å²) in [7, 11) is 1.78. The molecule has 1 aromatic carbocycles. The fourth-order valence-corrected chi connectivity index (χ4v) is 2.18. The molecule has 0 saturated carbocycles. The number of anilines is 1. The minimum absolute atomic E-state index is 0.0833. The molecule has 2 aromatic rings. The first-order chi connectivity index (χ1) is 9.95. The Morgan fingerprint density at radius 3 is 2.62 bits per heavy atom. The summed E-state index contributed by atoms with van der Waals surface area (Å²) in [4.78, 5) is 13.9. The van der Waals surface area contributed by atoms with E-state index in [1.54, 1.807) is 11.9 Å². The van der Waals surface area contributed by atoms with E-state index in [0.717, 1.165) is 22.7 Å². The molecule has 1 amide bonds. The van der Waals surface area contributed by atoms with E-state index < -0.39 is 0 Å². The van der Waals surface area contributed by atoms with Gasteiger partial charge in [-0.1, -0.05) is 24.2 Å². The van der Waals surface area contributed by atoms with Crippen LogP contribution in [0.1, 0.15) is 36.3 Å². The number of nitrogens with two attached hydrogens (primary N) is 1. The van der Waals surface area contributed by atoms with Gasteiger partial charge in [-0.2, -0.15) is 0 Å². The molecule has 0 radical (unpaired) electrons. The number of aromatic nitrogens is 1. The van der Waals surface area contributed by atoms with Crippen molar-refractivity contribution < 1.29 is 9.32 Å². The van der Waals surface area contributed by atoms with Gasteiger partial charge in [-0.25, -0.2) is 0 Å². The summed E-state index contributed by atoms with van der Waals surface area (Å²) in [6, 6.07) is 9.49. The van der Waals surface area contributed by atoms with Crippen LogP contribution in [0.15, 0.2) is 34.9 Å². The van der Waals surface area contributed by atoms with Crippen LogP contribution in [0.25, 0.3) is 0 Å². The molecular formula is C16H21N3O2. The van der Waals surface area contributed by atoms with E-state index >= 15 is 0 Å². The standard InChI is InChI=1S/C16H21N3O2/c1-11(13-4-6-14(17)7-5-13)8-16(20)19(3)10-15-9-12(2)21-18-15/h4-7,9,11H,8,10,17H2,1-3H3. The molecule has 112 valence electrons. The molecule has 1 heterocycles. The van der Waals surface area contributed by atoms with Crippen LogP contribution in [0.5, 0.6) is 0 Å². The molecule has 21 heavy (non-hydrogen) atoms. The van der Waals surface area contributed by atoms with Crippen LogP contribution in [0.4, 0.5) is 5.69 Å². The smallest absolute Gasteiger partial charge is 0.223 e. The van der Waals surface area contributed by atoms with Gasteiger partial charge in [0.05, 0.1) is 6.54 Å². The summed E-state index contributed by atoms with van der Waals surface area (Å²) in [5, 5.41) is 3.90. The number of hydrogen-bond acceptors (Lipinski definition) is 4. The maximum Gasteiger partial charge on any atom is 0.223 e. The topological polar surface area (TPSA) is 72.4 Å². The second kappa shape index (κ2) is 6.43. The first kappa shape index (κ1) is 15.1. The van der Waals surface area contributed by atoms with Gasteiger partial charge in [0, 0.05) is 25.2 Å². The lowest BCUT2D eigenvalue weighted by Gasteiger charge is -2.18. The third-order valence-corrected chi connectivity index (χ3v) is 3.49. The molecule has 1 aromatic heterocycles. The Morgan fingerprint density at radius 2 is 2.05 bits per heavy atom. The zero-order valence-electron chi connectivity index (χ0n) is 12.7. The van der Waals surface area contributed by atoms with Crippen molar-refractivity contribution in [2.75, 3.05) is 12.8 Å². The lowest BCUT2D eigenvalue weighted by molar-refractivity contribution is -0.130. The fraction of sp³-hybridized carbons (Fsp3) is 0.375. The predicted octanol–water partition coefficient (Wildman–Crippen LogP) is 2.72. The van der Waals surface area contributed by atoms with Crippen molar-refractivity contribution in [2.24, 2.45) is 0 Å². The van der Waals surface area contributed by atoms with Crippen molar-refractivity contribution >= 4 is 11.6 Å². The summed E-state index contributed by atoms with van der Waals surface area (Å²) in [6.07, 6.45) is 0.456. The Bertz CT molecular complexity index is 604. The molecule has 0 aliphatic heterocycles. The van der Waals surface area contributed by atoms with Gasteiger partial charge in [-0.05, 0) is 30.5 Å². The third-order valence-electron chi connectivity index (χ3n) is 3.49. The summed E-state index contributed by atoms with van der Waals surface area (Å²) < 4.78 is 5.01. The summed E-state index contributed by atoms with van der Waals surface area (Å²) in [5.41, 5.74) is 8.29. The van der Waals surface area contributed by atoms with Gasteiger partial charge in [0.15, 0.2) is 0 Å². The van der Waals surface area contributed by atoms with E-state index in [1.807, 2.05) is 44.2 Å². The van der Waals surface area contributed by atoms with Gasteiger partial charge in [-0.15, -0.1) is 0 Å². The Morgan fingerprint density at radius 1 is 1.38 bits per heavy atom. The predicted molar refractivity (Wildman–Crippen MR) is 81.6 cm³/mol. The number of benzene rings is 1. The molecule has 0 aliphatic carbocycles. The van der Waals surface area contributed by atoms with Crippen LogP contribution in [0.2, 0.25) is 0 Å². The second-order valence-corrected chi connectivity index (χ2v) is 5.45. The highest BCUT2D eigenvalue weighted by Gasteiger charge is 2.16. The van der Waals surface area contributed by atoms with Crippen LogP contribution in [0, 0.1) is 6.92 Å². The van der Waals surface area contributed by atoms with Gasteiger partial charge >= 0.3 is 0 Å². The number of nitrogen functional groups attached to an aromatic ring is 1. The third kappa shape index (κ3) is 4.08. The molecule has 5 heteroatoms. The van der Waals surface area contributed by atoms with Crippen molar-refractivity contribution in [3.8, 4) is 0 Å². The lowest BCUT2D eigenvalue weighted by atomic mass is 9.97. The average molecular weight is 287 g/mol. The first-order valence-corrected chi connectivity index (χ1v) is 6.97. The summed E-state index contributed by atoms with van der Waals surface area (Å²) in [5.74, 6) is 0.987. The number of aryl methyl sites for hydroxylation is 1. The number of amides is 1. The average Bonchev–Trinajstić information content (AvgIpc) is 2.84. The van der Waals surface area contributed by atoms with Crippen LogP contribution >= 0.6 is 0 Å². The largest absolute Gasteiger partial charge is 0.399 e. The highest BCUT2D eigenvalue weighted by Crippen LogP contribution is 2.21. The minimum atomic E-state index is 0.0833. The van der Waals surface area contributed by atoms with E-state index in [9.17, 15) is 4.79 Å². The Kier molecular flexibility index (Phi) is 4.62. The number of carbonyl (C=O) groups is 1. The maximum absolute atomic E-state index is 12.2. The van der Waals surface area contributed by atoms with Crippen molar-refractivity contribution in [3.05, 3.63) is 47.3 Å². The number of carbonyl (C=O) groups excluding carboxylic acids is 1. The van der Waals surface area contributed by atoms with Gasteiger partial charge in [-0.3, -0.25) is 4.79 Å². The van der Waals surface area contributed by atoms with Crippen LogP contribution in [-0.2, 0) is 11.3 Å². The van der Waals surface area contributed by atoms with Crippen LogP contribution in [-0.4, -0.2) is 23.0 Å². The zero-order valence-corrected chi connectivity index (χ0v) is 12.7. The fourth-order valence-electron chi connectivity index (χ4n) is 2.18. The first-order valence-electron chi connectivity index (χ1n) is 6.97. The van der Waals surface area contributed by atoms with Gasteiger partial charge in [0.2, 0.25) is 5.91 Å². The molecule has 2 N–H and O–H groups in total. The Hall–Kier alpha value is -2.30. The molecule has 0 fully saturated rings. The molecule has 0 spiro atoms. The molecule has 0 aliphatic rings. The van der Waals surface area contributed by atoms with Gasteiger partial charge in [0.25, 0.3) is 0 Å². The Balaban J connectivity index is 1.92. The van der Waals surface area contributed by atoms with E-state index in [-0.39, 0.29) is 11.8 Å². The highest BCUT2D eigenvalue weighted by atomic mass is 16.5. The SMILES string of the molecule is Cc1cc(CN(C)C(=O)CC(C)c2ccc(N)cc2)no1. The summed E-state index contributed by atoms with van der Waals surface area (Å²) >= 11 is 0.